The first kappa shape index (κ1) is 7.14. The van der Waals surface area contributed by atoms with Gasteiger partial charge < -0.3 is 4.74 Å². The zero-order valence-electron chi connectivity index (χ0n) is 7.02. The Morgan fingerprint density at radius 1 is 1.62 bits per heavy atom. The summed E-state index contributed by atoms with van der Waals surface area (Å²) in [6, 6.07) is 0. The van der Waals surface area contributed by atoms with Crippen LogP contribution in [-0.4, -0.2) is 28.1 Å². The van der Waals surface area contributed by atoms with Crippen LogP contribution in [-0.2, 0) is 10.3 Å². The topological polar surface area (TPSA) is 69.7 Å². The molecule has 0 saturated carbocycles. The molecule has 4 rings (SSSR count). The molecule has 0 spiro atoms. The summed E-state index contributed by atoms with van der Waals surface area (Å²) in [5.41, 5.74) is -1.20. The third-order valence-electron chi connectivity index (χ3n) is 2.63. The third-order valence-corrected chi connectivity index (χ3v) is 2.63. The van der Waals surface area contributed by atoms with E-state index in [0.29, 0.717) is 13.0 Å². The van der Waals surface area contributed by atoms with E-state index in [0.717, 1.165) is 9.48 Å². The number of hydrogen-bond donors (Lipinski definition) is 0. The lowest BCUT2D eigenvalue weighted by molar-refractivity contribution is 0.0596. The Hall–Kier alpha value is -1.30. The maximum atomic E-state index is 11.5. The molecule has 1 aromatic heterocycles. The van der Waals surface area contributed by atoms with Crippen LogP contribution >= 0.6 is 0 Å². The van der Waals surface area contributed by atoms with Crippen molar-refractivity contribution in [2.75, 3.05) is 6.61 Å². The SMILES string of the molecule is CC1(CC2CO2)C(=O)n2on1c2=O. The van der Waals surface area contributed by atoms with Crippen LogP contribution in [0.3, 0.4) is 0 Å². The van der Waals surface area contributed by atoms with Crippen LogP contribution in [0, 0.1) is 0 Å². The molecule has 0 amide bonds. The van der Waals surface area contributed by atoms with Crippen molar-refractivity contribution in [1.29, 1.82) is 0 Å². The van der Waals surface area contributed by atoms with E-state index in [9.17, 15) is 9.59 Å². The summed E-state index contributed by atoms with van der Waals surface area (Å²) in [4.78, 5) is 22.6. The first-order chi connectivity index (χ1) is 6.13. The van der Waals surface area contributed by atoms with Crippen LogP contribution in [0.25, 0.3) is 0 Å². The molecular formula is C7H8N2O4. The summed E-state index contributed by atoms with van der Waals surface area (Å²) >= 11 is 0. The van der Waals surface area contributed by atoms with Crippen molar-refractivity contribution in [2.24, 2.45) is 0 Å². The summed E-state index contributed by atoms with van der Waals surface area (Å²) in [5.74, 6) is -0.284. The molecule has 2 bridgehead atoms. The fourth-order valence-electron chi connectivity index (χ4n) is 1.73. The molecule has 3 aliphatic rings. The Balaban J connectivity index is 2.01. The molecule has 3 aliphatic heterocycles. The van der Waals surface area contributed by atoms with Gasteiger partial charge in [0.1, 0.15) is 0 Å². The monoisotopic (exact) mass is 184 g/mol. The van der Waals surface area contributed by atoms with Crippen LogP contribution in [0.5, 0.6) is 0 Å². The number of fused-ring (bicyclic) bond motifs is 1. The van der Waals surface area contributed by atoms with Crippen molar-refractivity contribution >= 4 is 5.91 Å². The van der Waals surface area contributed by atoms with E-state index in [1.54, 1.807) is 6.92 Å². The Bertz CT molecular complexity index is 435. The molecule has 2 unspecified atom stereocenters. The highest BCUT2D eigenvalue weighted by molar-refractivity contribution is 5.87. The van der Waals surface area contributed by atoms with E-state index >= 15 is 0 Å². The van der Waals surface area contributed by atoms with Crippen LogP contribution in [0.15, 0.2) is 9.42 Å². The molecule has 70 valence electrons. The van der Waals surface area contributed by atoms with Crippen LogP contribution in [0.2, 0.25) is 0 Å². The number of carbonyl (C=O) groups excluding carboxylic acids is 1. The zero-order chi connectivity index (χ0) is 9.22. The van der Waals surface area contributed by atoms with Gasteiger partial charge in [-0.05, 0) is 6.92 Å². The minimum Gasteiger partial charge on any atom is -0.373 e. The van der Waals surface area contributed by atoms with Crippen molar-refractivity contribution in [3.05, 3.63) is 10.5 Å². The third kappa shape index (κ3) is 0.673. The average molecular weight is 184 g/mol. The largest absolute Gasteiger partial charge is 0.398 e. The summed E-state index contributed by atoms with van der Waals surface area (Å²) in [6.45, 7) is 2.37. The Labute approximate surface area is 72.6 Å². The first-order valence-corrected chi connectivity index (χ1v) is 4.11. The molecule has 2 atom stereocenters. The normalized spacial score (nSPS) is 35.8. The van der Waals surface area contributed by atoms with Gasteiger partial charge in [0.25, 0.3) is 5.91 Å². The molecule has 1 fully saturated rings. The van der Waals surface area contributed by atoms with Crippen molar-refractivity contribution in [2.45, 2.75) is 25.0 Å². The number of aromatic nitrogens is 2. The van der Waals surface area contributed by atoms with E-state index in [1.807, 2.05) is 0 Å². The van der Waals surface area contributed by atoms with Gasteiger partial charge >= 0.3 is 5.69 Å². The second-order valence-corrected chi connectivity index (χ2v) is 3.69. The molecule has 1 saturated heterocycles. The fourth-order valence-corrected chi connectivity index (χ4v) is 1.73. The standard InChI is InChI=1S/C7H8N2O4/c1-7(2-4-3-12-4)5(10)8-6(11)9(7)13-8/h4H,2-3H2,1H3. The molecule has 0 N–H and O–H groups in total. The first-order valence-electron chi connectivity index (χ1n) is 4.11. The van der Waals surface area contributed by atoms with E-state index < -0.39 is 5.54 Å². The molecule has 1 aromatic rings. The summed E-state index contributed by atoms with van der Waals surface area (Å²) < 4.78 is 11.8. The van der Waals surface area contributed by atoms with Gasteiger partial charge in [0, 0.05) is 6.42 Å². The maximum absolute atomic E-state index is 11.5. The minimum absolute atomic E-state index is 0.103. The number of nitrogens with zero attached hydrogens (tertiary/aromatic N) is 2. The lowest BCUT2D eigenvalue weighted by Crippen LogP contribution is -2.36. The van der Waals surface area contributed by atoms with Crippen LogP contribution in [0.4, 0.5) is 0 Å². The molecule has 0 aromatic carbocycles. The summed E-state index contributed by atoms with van der Waals surface area (Å²) in [7, 11) is 0. The van der Waals surface area contributed by atoms with Gasteiger partial charge in [-0.2, -0.15) is 0 Å². The molecule has 6 nitrogen and oxygen atoms in total. The van der Waals surface area contributed by atoms with E-state index in [-0.39, 0.29) is 17.7 Å². The second kappa shape index (κ2) is 1.79. The van der Waals surface area contributed by atoms with Gasteiger partial charge in [0.05, 0.1) is 12.7 Å². The fraction of sp³-hybridized carbons (Fsp3) is 0.714. The van der Waals surface area contributed by atoms with Gasteiger partial charge in [-0.25, -0.2) is 4.79 Å². The van der Waals surface area contributed by atoms with Crippen molar-refractivity contribution < 1.29 is 14.2 Å². The van der Waals surface area contributed by atoms with Gasteiger partial charge in [0.15, 0.2) is 5.54 Å². The molecular weight excluding hydrogens is 176 g/mol. The smallest absolute Gasteiger partial charge is 0.373 e. The van der Waals surface area contributed by atoms with Crippen LogP contribution in [0.1, 0.15) is 18.1 Å². The number of rotatable bonds is 2. The quantitative estimate of drug-likeness (QED) is 0.575. The average Bonchev–Trinajstić information content (AvgIpc) is 2.78. The Kier molecular flexibility index (Phi) is 0.984. The van der Waals surface area contributed by atoms with E-state index in [1.165, 1.54) is 0 Å². The summed E-state index contributed by atoms with van der Waals surface area (Å²) in [5, 5.41) is 0. The van der Waals surface area contributed by atoms with E-state index in [4.69, 9.17) is 9.37 Å². The van der Waals surface area contributed by atoms with Gasteiger partial charge in [-0.15, -0.1) is 4.74 Å². The highest BCUT2D eigenvalue weighted by Gasteiger charge is 2.54. The molecule has 0 aliphatic carbocycles. The summed E-state index contributed by atoms with van der Waals surface area (Å²) in [6.07, 6.45) is 0.625. The number of carbonyl (C=O) groups is 1. The Morgan fingerprint density at radius 2 is 2.31 bits per heavy atom. The molecule has 13 heavy (non-hydrogen) atoms. The molecule has 6 heteroatoms. The van der Waals surface area contributed by atoms with Crippen molar-refractivity contribution in [3.63, 3.8) is 0 Å². The predicted molar refractivity (Wildman–Crippen MR) is 39.6 cm³/mol. The highest BCUT2D eigenvalue weighted by Crippen LogP contribution is 2.33. The highest BCUT2D eigenvalue weighted by atomic mass is 16.7. The Morgan fingerprint density at radius 3 is 2.69 bits per heavy atom. The minimum atomic E-state index is -0.835. The van der Waals surface area contributed by atoms with Crippen molar-refractivity contribution in [1.82, 2.24) is 9.48 Å². The van der Waals surface area contributed by atoms with E-state index in [2.05, 4.69) is 0 Å². The van der Waals surface area contributed by atoms with Crippen LogP contribution < -0.4 is 5.69 Å². The lowest BCUT2D eigenvalue weighted by Gasteiger charge is -2.15. The van der Waals surface area contributed by atoms with Gasteiger partial charge in [-0.3, -0.25) is 9.42 Å². The predicted octanol–water partition coefficient (Wildman–Crippen LogP) is -0.599. The van der Waals surface area contributed by atoms with Crippen molar-refractivity contribution in [3.8, 4) is 0 Å². The van der Waals surface area contributed by atoms with Gasteiger partial charge in [-0.1, -0.05) is 4.74 Å². The maximum Gasteiger partial charge on any atom is 0.398 e. The zero-order valence-corrected chi connectivity index (χ0v) is 7.02. The number of ether oxygens (including phenoxy) is 1. The second-order valence-electron chi connectivity index (χ2n) is 3.69. The number of epoxide rings is 1. The van der Waals surface area contributed by atoms with Gasteiger partial charge in [0.2, 0.25) is 0 Å². The number of hydrogen-bond acceptors (Lipinski definition) is 4. The lowest BCUT2D eigenvalue weighted by atomic mass is 9.97. The molecule has 0 radical (unpaired) electrons. The molecule has 4 heterocycles.